The van der Waals surface area contributed by atoms with Gasteiger partial charge in [-0.05, 0) is 41.5 Å². The Balaban J connectivity index is 0. The zero-order valence-electron chi connectivity index (χ0n) is 12.1. The summed E-state index contributed by atoms with van der Waals surface area (Å²) in [6, 6.07) is 0. The predicted molar refractivity (Wildman–Crippen MR) is 61.0 cm³/mol. The minimum atomic E-state index is -1.07. The van der Waals surface area contributed by atoms with Crippen LogP contribution in [0.4, 0.5) is 0 Å². The van der Waals surface area contributed by atoms with Gasteiger partial charge >= 0.3 is 51.4 Å². The van der Waals surface area contributed by atoms with Crippen molar-refractivity contribution in [2.75, 3.05) is 0 Å². The summed E-state index contributed by atoms with van der Waals surface area (Å²) in [4.78, 5) is 33.8. The summed E-state index contributed by atoms with van der Waals surface area (Å²) in [7, 11) is 0. The number of hydrogen-bond acceptors (Lipinski definition) is 5. The molecule has 0 unspecified atom stereocenters. The zero-order valence-corrected chi connectivity index (χ0v) is 15.2. The molecule has 5 nitrogen and oxygen atoms in total. The van der Waals surface area contributed by atoms with Gasteiger partial charge in [-0.15, -0.1) is 0 Å². The monoisotopic (exact) mass is 282 g/mol. The minimum absolute atomic E-state index is 0. The number of Topliss-reactive ketones (excluding diaryl/α,β-unsaturated/α-hetero) is 1. The van der Waals surface area contributed by atoms with Crippen LogP contribution in [0.3, 0.4) is 0 Å². The molecular weight excluding hydrogens is 263 g/mol. The van der Waals surface area contributed by atoms with E-state index in [1.54, 1.807) is 41.5 Å². The fourth-order valence-electron chi connectivity index (χ4n) is 0.826. The Morgan fingerprint density at radius 1 is 0.833 bits per heavy atom. The van der Waals surface area contributed by atoms with Gasteiger partial charge in [0.1, 0.15) is 11.4 Å². The number of carbonyl (C=O) groups is 3. The zero-order chi connectivity index (χ0) is 13.9. The molecular formula is C12H19KO5. The molecule has 0 aliphatic carbocycles. The summed E-state index contributed by atoms with van der Waals surface area (Å²) >= 11 is 0. The van der Waals surface area contributed by atoms with Crippen molar-refractivity contribution in [2.45, 2.75) is 52.7 Å². The molecule has 0 spiro atoms. The van der Waals surface area contributed by atoms with E-state index < -0.39 is 28.9 Å². The molecule has 0 heterocycles. The first-order valence-electron chi connectivity index (χ1n) is 5.26. The van der Waals surface area contributed by atoms with Crippen LogP contribution in [0.15, 0.2) is 0 Å². The molecule has 0 bridgehead atoms. The van der Waals surface area contributed by atoms with Crippen molar-refractivity contribution in [3.8, 4) is 0 Å². The Bertz CT molecular complexity index is 322. The van der Waals surface area contributed by atoms with Gasteiger partial charge in [-0.2, -0.15) is 0 Å². The van der Waals surface area contributed by atoms with Crippen molar-refractivity contribution >= 4 is 17.7 Å². The normalized spacial score (nSPS) is 11.0. The topological polar surface area (TPSA) is 69.7 Å². The third-order valence-electron chi connectivity index (χ3n) is 1.26. The number of carbonyl (C=O) groups excluding carboxylic acids is 3. The Hall–Kier alpha value is 0.116. The average Bonchev–Trinajstić information content (AvgIpc) is 1.95. The van der Waals surface area contributed by atoms with Gasteiger partial charge in [-0.1, -0.05) is 6.42 Å². The summed E-state index contributed by atoms with van der Waals surface area (Å²) in [6.45, 7) is 9.88. The van der Waals surface area contributed by atoms with Crippen LogP contribution in [-0.4, -0.2) is 28.9 Å². The van der Waals surface area contributed by atoms with Crippen molar-refractivity contribution in [1.29, 1.82) is 0 Å². The maximum Gasteiger partial charge on any atom is 1.00 e. The third kappa shape index (κ3) is 11.2. The molecule has 0 amide bonds. The number of rotatable bonds is 3. The quantitative estimate of drug-likeness (QED) is 0.206. The molecule has 6 heteroatoms. The molecule has 0 aliphatic rings. The van der Waals surface area contributed by atoms with E-state index in [0.717, 1.165) is 0 Å². The Labute approximate surface area is 150 Å². The molecule has 0 saturated heterocycles. The van der Waals surface area contributed by atoms with Crippen LogP contribution in [0, 0.1) is 6.42 Å². The van der Waals surface area contributed by atoms with Crippen LogP contribution in [0.25, 0.3) is 0 Å². The fraction of sp³-hybridized carbons (Fsp3) is 0.667. The maximum atomic E-state index is 11.3. The van der Waals surface area contributed by atoms with Gasteiger partial charge in [0, 0.05) is 0 Å². The predicted octanol–water partition coefficient (Wildman–Crippen LogP) is -1.55. The van der Waals surface area contributed by atoms with Crippen molar-refractivity contribution < 1.29 is 75.2 Å². The van der Waals surface area contributed by atoms with Gasteiger partial charge in [-0.25, -0.2) is 0 Å². The second-order valence-corrected chi connectivity index (χ2v) is 5.54. The Morgan fingerprint density at radius 3 is 1.56 bits per heavy atom. The van der Waals surface area contributed by atoms with E-state index in [2.05, 4.69) is 0 Å². The van der Waals surface area contributed by atoms with Gasteiger partial charge < -0.3 is 19.1 Å². The van der Waals surface area contributed by atoms with Crippen LogP contribution in [-0.2, 0) is 23.9 Å². The van der Waals surface area contributed by atoms with E-state index in [0.29, 0.717) is 6.42 Å². The summed E-state index contributed by atoms with van der Waals surface area (Å²) in [6.07, 6.45) is 0.597. The average molecular weight is 282 g/mol. The van der Waals surface area contributed by atoms with E-state index in [1.165, 1.54) is 0 Å². The molecule has 0 atom stereocenters. The SMILES string of the molecule is CC(C)(C)OC(=O)[CH-]C(=O)C(=O)OC(C)(C)C.[K+]. The molecule has 0 fully saturated rings. The first-order valence-corrected chi connectivity index (χ1v) is 5.26. The van der Waals surface area contributed by atoms with Crippen LogP contribution in [0.2, 0.25) is 0 Å². The fourth-order valence-corrected chi connectivity index (χ4v) is 0.826. The number of ether oxygens (including phenoxy) is 2. The summed E-state index contributed by atoms with van der Waals surface area (Å²) in [5, 5.41) is 0. The molecule has 18 heavy (non-hydrogen) atoms. The largest absolute Gasteiger partial charge is 1.00 e. The van der Waals surface area contributed by atoms with Gasteiger partial charge in [-0.3, -0.25) is 4.79 Å². The molecule has 0 aliphatic heterocycles. The van der Waals surface area contributed by atoms with E-state index >= 15 is 0 Å². The molecule has 0 saturated carbocycles. The van der Waals surface area contributed by atoms with Crippen LogP contribution in [0.1, 0.15) is 41.5 Å². The van der Waals surface area contributed by atoms with Gasteiger partial charge in [0.25, 0.3) is 5.97 Å². The van der Waals surface area contributed by atoms with E-state index in [4.69, 9.17) is 9.47 Å². The molecule has 0 aromatic heterocycles. The van der Waals surface area contributed by atoms with Crippen LogP contribution in [0.5, 0.6) is 0 Å². The van der Waals surface area contributed by atoms with E-state index in [1.807, 2.05) is 0 Å². The molecule has 98 valence electrons. The minimum Gasteiger partial charge on any atom is -0.540 e. The van der Waals surface area contributed by atoms with Crippen molar-refractivity contribution in [3.63, 3.8) is 0 Å². The van der Waals surface area contributed by atoms with Crippen LogP contribution >= 0.6 is 0 Å². The summed E-state index contributed by atoms with van der Waals surface area (Å²) in [5.41, 5.74) is -1.48. The first-order chi connectivity index (χ1) is 7.41. The summed E-state index contributed by atoms with van der Waals surface area (Å²) < 4.78 is 9.67. The molecule has 0 radical (unpaired) electrons. The Kier molecular flexibility index (Phi) is 8.68. The maximum absolute atomic E-state index is 11.3. The smallest absolute Gasteiger partial charge is 0.540 e. The number of ketones is 1. The summed E-state index contributed by atoms with van der Waals surface area (Å²) in [5.74, 6) is -2.94. The standard InChI is InChI=1S/C12H19O5.K/c1-11(2,3)16-9(14)7-8(13)10(15)17-12(4,5)6;/h7H,1-6H3;/q-1;+1. The third-order valence-corrected chi connectivity index (χ3v) is 1.26. The number of esters is 2. The van der Waals surface area contributed by atoms with Gasteiger partial charge in [0.15, 0.2) is 0 Å². The molecule has 0 N–H and O–H groups in total. The van der Waals surface area contributed by atoms with Crippen molar-refractivity contribution in [1.82, 2.24) is 0 Å². The van der Waals surface area contributed by atoms with Crippen LogP contribution < -0.4 is 51.4 Å². The van der Waals surface area contributed by atoms with E-state index in [9.17, 15) is 14.4 Å². The Morgan fingerprint density at radius 2 is 1.22 bits per heavy atom. The second kappa shape index (κ2) is 7.64. The molecule has 0 rings (SSSR count). The first kappa shape index (κ1) is 20.4. The van der Waals surface area contributed by atoms with E-state index in [-0.39, 0.29) is 51.4 Å². The molecule has 0 aromatic carbocycles. The van der Waals surface area contributed by atoms with Gasteiger partial charge in [0.05, 0.1) is 5.60 Å². The van der Waals surface area contributed by atoms with Crippen molar-refractivity contribution in [3.05, 3.63) is 6.42 Å². The molecule has 0 aromatic rings. The van der Waals surface area contributed by atoms with Crippen molar-refractivity contribution in [2.24, 2.45) is 0 Å². The number of hydrogen-bond donors (Lipinski definition) is 0. The second-order valence-electron chi connectivity index (χ2n) is 5.54. The van der Waals surface area contributed by atoms with Gasteiger partial charge in [0.2, 0.25) is 5.97 Å².